The van der Waals surface area contributed by atoms with Crippen LogP contribution in [0.5, 0.6) is 11.5 Å². The molecule has 0 spiro atoms. The zero-order valence-corrected chi connectivity index (χ0v) is 13.6. The van der Waals surface area contributed by atoms with Gasteiger partial charge in [0.1, 0.15) is 36.1 Å². The van der Waals surface area contributed by atoms with E-state index in [-0.39, 0.29) is 6.61 Å². The zero-order chi connectivity index (χ0) is 16.9. The largest absolute Gasteiger partial charge is 0.497 e. The maximum Gasteiger partial charge on any atom is 0.293 e. The highest BCUT2D eigenvalue weighted by atomic mass is 16.5. The molecule has 24 heavy (non-hydrogen) atoms. The van der Waals surface area contributed by atoms with Gasteiger partial charge in [0, 0.05) is 5.39 Å². The van der Waals surface area contributed by atoms with Crippen LogP contribution in [-0.2, 0) is 22.7 Å². The molecule has 0 fully saturated rings. The van der Waals surface area contributed by atoms with Crippen LogP contribution in [0.15, 0.2) is 46.9 Å². The zero-order valence-electron chi connectivity index (χ0n) is 13.6. The number of fused-ring (bicyclic) bond motifs is 1. The van der Waals surface area contributed by atoms with Gasteiger partial charge in [-0.2, -0.15) is 0 Å². The Hall–Kier alpha value is -2.95. The molecule has 1 aromatic heterocycles. The van der Waals surface area contributed by atoms with Crippen molar-refractivity contribution in [2.24, 2.45) is 0 Å². The van der Waals surface area contributed by atoms with Crippen LogP contribution in [0.2, 0.25) is 0 Å². The van der Waals surface area contributed by atoms with E-state index in [1.165, 1.54) is 0 Å². The van der Waals surface area contributed by atoms with Gasteiger partial charge in [-0.1, -0.05) is 12.1 Å². The smallest absolute Gasteiger partial charge is 0.293 e. The minimum Gasteiger partial charge on any atom is -0.497 e. The molecule has 0 amide bonds. The van der Waals surface area contributed by atoms with Crippen molar-refractivity contribution in [2.45, 2.75) is 20.1 Å². The maximum absolute atomic E-state index is 10.2. The third kappa shape index (κ3) is 3.51. The van der Waals surface area contributed by atoms with Crippen molar-refractivity contribution in [3.8, 4) is 11.5 Å². The first kappa shape index (κ1) is 15.9. The molecule has 3 rings (SSSR count). The standard InChI is InChI=1S/C19H18O5/c1-13-7-17(21-2)8-15-9-18(24-19(13)15)11-23-16-5-3-14(4-6-16)10-22-12-20/h3-9,12H,10-11H2,1-2H3. The lowest BCUT2D eigenvalue weighted by Crippen LogP contribution is -1.94. The number of carbonyl (C=O) groups is 1. The molecule has 0 unspecified atom stereocenters. The van der Waals surface area contributed by atoms with Crippen LogP contribution in [0, 0.1) is 6.92 Å². The molecular weight excluding hydrogens is 308 g/mol. The van der Waals surface area contributed by atoms with E-state index in [1.54, 1.807) is 7.11 Å². The normalized spacial score (nSPS) is 10.6. The van der Waals surface area contributed by atoms with E-state index >= 15 is 0 Å². The molecular formula is C19H18O5. The predicted octanol–water partition coefficient (Wildman–Crippen LogP) is 4.00. The number of carbonyl (C=O) groups excluding carboxylic acids is 1. The number of furan rings is 1. The summed E-state index contributed by atoms with van der Waals surface area (Å²) in [7, 11) is 1.65. The fourth-order valence-electron chi connectivity index (χ4n) is 2.50. The topological polar surface area (TPSA) is 57.9 Å². The number of aryl methyl sites for hydroxylation is 1. The number of hydrogen-bond acceptors (Lipinski definition) is 5. The number of rotatable bonds is 7. The van der Waals surface area contributed by atoms with Crippen molar-refractivity contribution < 1.29 is 23.4 Å². The second-order valence-corrected chi connectivity index (χ2v) is 5.42. The van der Waals surface area contributed by atoms with Gasteiger partial charge >= 0.3 is 0 Å². The summed E-state index contributed by atoms with van der Waals surface area (Å²) < 4.78 is 21.6. The predicted molar refractivity (Wildman–Crippen MR) is 89.1 cm³/mol. The fourth-order valence-corrected chi connectivity index (χ4v) is 2.50. The second-order valence-electron chi connectivity index (χ2n) is 5.42. The Morgan fingerprint density at radius 2 is 1.83 bits per heavy atom. The molecule has 0 aliphatic heterocycles. The third-order valence-electron chi connectivity index (χ3n) is 3.68. The summed E-state index contributed by atoms with van der Waals surface area (Å²) in [6, 6.07) is 13.2. The summed E-state index contributed by atoms with van der Waals surface area (Å²) in [6.07, 6.45) is 0. The SMILES string of the molecule is COc1cc(C)c2oc(COc3ccc(COC=O)cc3)cc2c1. The lowest BCUT2D eigenvalue weighted by atomic mass is 10.1. The van der Waals surface area contributed by atoms with Gasteiger partial charge in [0.25, 0.3) is 6.47 Å². The van der Waals surface area contributed by atoms with Gasteiger partial charge in [-0.3, -0.25) is 4.79 Å². The van der Waals surface area contributed by atoms with Crippen molar-refractivity contribution in [3.63, 3.8) is 0 Å². The van der Waals surface area contributed by atoms with Gasteiger partial charge in [0.15, 0.2) is 0 Å². The average molecular weight is 326 g/mol. The Morgan fingerprint density at radius 1 is 1.04 bits per heavy atom. The molecule has 2 aromatic carbocycles. The van der Waals surface area contributed by atoms with Gasteiger partial charge in [-0.05, 0) is 48.4 Å². The van der Waals surface area contributed by atoms with E-state index in [4.69, 9.17) is 18.6 Å². The first-order valence-corrected chi connectivity index (χ1v) is 7.53. The van der Waals surface area contributed by atoms with Crippen molar-refractivity contribution >= 4 is 17.4 Å². The molecule has 0 saturated heterocycles. The summed E-state index contributed by atoms with van der Waals surface area (Å²) >= 11 is 0. The lowest BCUT2D eigenvalue weighted by Gasteiger charge is -2.05. The molecule has 5 heteroatoms. The second kappa shape index (κ2) is 7.08. The highest BCUT2D eigenvalue weighted by molar-refractivity contribution is 5.82. The number of methoxy groups -OCH3 is 1. The van der Waals surface area contributed by atoms with Gasteiger partial charge in [0.05, 0.1) is 7.11 Å². The Morgan fingerprint density at radius 3 is 2.54 bits per heavy atom. The van der Waals surface area contributed by atoms with E-state index in [0.29, 0.717) is 13.1 Å². The number of ether oxygens (including phenoxy) is 3. The Kier molecular flexibility index (Phi) is 4.70. The third-order valence-corrected chi connectivity index (χ3v) is 3.68. The van der Waals surface area contributed by atoms with E-state index in [2.05, 4.69) is 0 Å². The quantitative estimate of drug-likeness (QED) is 0.614. The van der Waals surface area contributed by atoms with Crippen LogP contribution < -0.4 is 9.47 Å². The first-order chi connectivity index (χ1) is 11.7. The molecule has 0 bridgehead atoms. The van der Waals surface area contributed by atoms with E-state index in [9.17, 15) is 4.79 Å². The van der Waals surface area contributed by atoms with Gasteiger partial charge in [-0.15, -0.1) is 0 Å². The van der Waals surface area contributed by atoms with Crippen LogP contribution in [0.25, 0.3) is 11.0 Å². The molecule has 0 atom stereocenters. The van der Waals surface area contributed by atoms with Crippen LogP contribution in [0.1, 0.15) is 16.9 Å². The van der Waals surface area contributed by atoms with Crippen LogP contribution in [0.4, 0.5) is 0 Å². The molecule has 0 radical (unpaired) electrons. The summed E-state index contributed by atoms with van der Waals surface area (Å²) in [4.78, 5) is 10.2. The molecule has 3 aromatic rings. The van der Waals surface area contributed by atoms with Crippen molar-refractivity contribution in [1.82, 2.24) is 0 Å². The monoisotopic (exact) mass is 326 g/mol. The Labute approximate surface area is 139 Å². The average Bonchev–Trinajstić information content (AvgIpc) is 3.02. The molecule has 0 aliphatic rings. The lowest BCUT2D eigenvalue weighted by molar-refractivity contribution is -0.129. The van der Waals surface area contributed by atoms with E-state index < -0.39 is 0 Å². The Bertz CT molecular complexity index is 833. The number of hydrogen-bond donors (Lipinski definition) is 0. The minimum atomic E-state index is 0.258. The highest BCUT2D eigenvalue weighted by Gasteiger charge is 2.09. The Balaban J connectivity index is 1.69. The van der Waals surface area contributed by atoms with E-state index in [1.807, 2.05) is 49.4 Å². The first-order valence-electron chi connectivity index (χ1n) is 7.53. The molecule has 0 saturated carbocycles. The van der Waals surface area contributed by atoms with Crippen LogP contribution in [-0.4, -0.2) is 13.6 Å². The molecule has 5 nitrogen and oxygen atoms in total. The van der Waals surface area contributed by atoms with Crippen molar-refractivity contribution in [3.05, 3.63) is 59.4 Å². The minimum absolute atomic E-state index is 0.258. The fraction of sp³-hybridized carbons (Fsp3) is 0.211. The van der Waals surface area contributed by atoms with E-state index in [0.717, 1.165) is 39.4 Å². The van der Waals surface area contributed by atoms with Crippen LogP contribution >= 0.6 is 0 Å². The molecule has 0 aliphatic carbocycles. The molecule has 124 valence electrons. The summed E-state index contributed by atoms with van der Waals surface area (Å²) in [5.74, 6) is 2.27. The highest BCUT2D eigenvalue weighted by Crippen LogP contribution is 2.28. The number of benzene rings is 2. The van der Waals surface area contributed by atoms with Gasteiger partial charge in [-0.25, -0.2) is 0 Å². The maximum atomic E-state index is 10.2. The van der Waals surface area contributed by atoms with Gasteiger partial charge < -0.3 is 18.6 Å². The summed E-state index contributed by atoms with van der Waals surface area (Å²) in [5.41, 5.74) is 2.77. The van der Waals surface area contributed by atoms with Crippen LogP contribution in [0.3, 0.4) is 0 Å². The van der Waals surface area contributed by atoms with Crippen molar-refractivity contribution in [1.29, 1.82) is 0 Å². The summed E-state index contributed by atoms with van der Waals surface area (Å²) in [6.45, 7) is 3.01. The van der Waals surface area contributed by atoms with Crippen molar-refractivity contribution in [2.75, 3.05) is 7.11 Å². The van der Waals surface area contributed by atoms with Gasteiger partial charge in [0.2, 0.25) is 0 Å². The summed E-state index contributed by atoms with van der Waals surface area (Å²) in [5, 5.41) is 0.992. The molecule has 0 N–H and O–H groups in total. The molecule has 1 heterocycles.